The Bertz CT molecular complexity index is 307. The summed E-state index contributed by atoms with van der Waals surface area (Å²) >= 11 is 2.16. The molecule has 0 aliphatic rings. The molecule has 0 saturated heterocycles. The summed E-state index contributed by atoms with van der Waals surface area (Å²) in [5.74, 6) is 0. The topological polar surface area (TPSA) is 20.2 Å². The normalized spacial score (nSPS) is 10.9. The van der Waals surface area contributed by atoms with Crippen molar-refractivity contribution < 1.29 is 5.11 Å². The molecule has 0 aliphatic heterocycles. The summed E-state index contributed by atoms with van der Waals surface area (Å²) in [5, 5.41) is 14.4. The molecule has 0 fully saturated rings. The van der Waals surface area contributed by atoms with Crippen molar-refractivity contribution >= 4 is 35.5 Å². The molecule has 52 valence electrons. The fraction of sp³-hybridized carbons (Fsp3) is 0.143. The number of aliphatic hydroxyl groups excluding tert-OH is 1. The summed E-state index contributed by atoms with van der Waals surface area (Å²) in [6.07, 6.45) is 0. The number of rotatable bonds is 1. The van der Waals surface area contributed by atoms with Gasteiger partial charge in [-0.05, 0) is 0 Å². The van der Waals surface area contributed by atoms with E-state index in [0.717, 1.165) is 0 Å². The van der Waals surface area contributed by atoms with Gasteiger partial charge in [0.25, 0.3) is 0 Å². The molecule has 10 heavy (non-hydrogen) atoms. The van der Waals surface area contributed by atoms with Crippen LogP contribution in [0.5, 0.6) is 0 Å². The van der Waals surface area contributed by atoms with E-state index < -0.39 is 0 Å². The molecule has 2 aromatic rings. The van der Waals surface area contributed by atoms with E-state index >= 15 is 0 Å². The average Bonchev–Trinajstić information content (AvgIpc) is 2.42. The van der Waals surface area contributed by atoms with Crippen LogP contribution in [0.3, 0.4) is 0 Å². The third kappa shape index (κ3) is 0.956. The van der Waals surface area contributed by atoms with Crippen LogP contribution >= 0.6 is 11.3 Å². The first-order valence-corrected chi connectivity index (χ1v) is 5.61. The Hall–Kier alpha value is -0.0805. The van der Waals surface area contributed by atoms with Crippen LogP contribution in [0.2, 0.25) is 0 Å². The predicted molar refractivity (Wildman–Crippen MR) is 44.7 cm³/mol. The second-order valence-corrected chi connectivity index (χ2v) is 5.26. The molecule has 2 rings (SSSR count). The van der Waals surface area contributed by atoms with Crippen molar-refractivity contribution in [1.29, 1.82) is 0 Å². The van der Waals surface area contributed by atoms with Crippen LogP contribution in [0.25, 0.3) is 9.65 Å². The van der Waals surface area contributed by atoms with Gasteiger partial charge in [0, 0.05) is 0 Å². The van der Waals surface area contributed by atoms with Gasteiger partial charge in [-0.1, -0.05) is 0 Å². The Labute approximate surface area is 68.7 Å². The van der Waals surface area contributed by atoms with Gasteiger partial charge in [0.05, 0.1) is 0 Å². The summed E-state index contributed by atoms with van der Waals surface area (Å²) < 4.78 is 2.63. The summed E-state index contributed by atoms with van der Waals surface area (Å²) in [7, 11) is 0. The molecule has 0 aliphatic carbocycles. The van der Waals surface area contributed by atoms with Gasteiger partial charge >= 0.3 is 68.5 Å². The Kier molecular flexibility index (Phi) is 1.66. The molecule has 0 atom stereocenters. The summed E-state index contributed by atoms with van der Waals surface area (Å²) in [5.41, 5.74) is 0. The van der Waals surface area contributed by atoms with Crippen LogP contribution in [0, 0.1) is 0 Å². The van der Waals surface area contributed by atoms with E-state index in [0.29, 0.717) is 14.5 Å². The molecule has 0 aromatic carbocycles. The van der Waals surface area contributed by atoms with Crippen LogP contribution in [0.15, 0.2) is 16.8 Å². The summed E-state index contributed by atoms with van der Waals surface area (Å²) in [6.45, 7) is 0.235. The molecule has 0 unspecified atom stereocenters. The Balaban J connectivity index is 2.67. The first-order valence-electron chi connectivity index (χ1n) is 2.95. The van der Waals surface area contributed by atoms with Crippen molar-refractivity contribution in [3.05, 3.63) is 21.3 Å². The number of aliphatic hydroxyl groups is 1. The van der Waals surface area contributed by atoms with Gasteiger partial charge in [-0.15, -0.1) is 0 Å². The summed E-state index contributed by atoms with van der Waals surface area (Å²) in [4.78, 5) is 0. The van der Waals surface area contributed by atoms with Crippen LogP contribution in [0.4, 0.5) is 0 Å². The first kappa shape index (κ1) is 6.62. The SMILES string of the molecule is OCc1cc2cscc2[se]1. The Morgan fingerprint density at radius 2 is 2.40 bits per heavy atom. The van der Waals surface area contributed by atoms with Crippen LogP contribution < -0.4 is 0 Å². The fourth-order valence-electron chi connectivity index (χ4n) is 0.905. The number of hydrogen-bond acceptors (Lipinski definition) is 2. The molecule has 0 saturated carbocycles. The van der Waals surface area contributed by atoms with Crippen LogP contribution in [0.1, 0.15) is 4.44 Å². The molecule has 1 nitrogen and oxygen atoms in total. The standard InChI is InChI=1S/C7H6OSSe/c8-2-6-1-5-3-9-4-7(5)10-6/h1,3-4,8H,2H2. The maximum atomic E-state index is 8.81. The molecule has 1 N–H and O–H groups in total. The third-order valence-electron chi connectivity index (χ3n) is 1.37. The molecule has 0 spiro atoms. The van der Waals surface area contributed by atoms with E-state index in [4.69, 9.17) is 5.11 Å². The molecule has 0 radical (unpaired) electrons. The van der Waals surface area contributed by atoms with Crippen LogP contribution in [-0.4, -0.2) is 19.6 Å². The van der Waals surface area contributed by atoms with Gasteiger partial charge in [-0.25, -0.2) is 0 Å². The van der Waals surface area contributed by atoms with E-state index in [1.54, 1.807) is 11.3 Å². The molecular weight excluding hydrogens is 211 g/mol. The zero-order chi connectivity index (χ0) is 6.97. The second kappa shape index (κ2) is 2.51. The van der Waals surface area contributed by atoms with Crippen molar-refractivity contribution in [2.24, 2.45) is 0 Å². The van der Waals surface area contributed by atoms with E-state index in [9.17, 15) is 0 Å². The van der Waals surface area contributed by atoms with Gasteiger partial charge in [-0.3, -0.25) is 0 Å². The van der Waals surface area contributed by atoms with Crippen molar-refractivity contribution in [1.82, 2.24) is 0 Å². The van der Waals surface area contributed by atoms with Crippen molar-refractivity contribution in [3.63, 3.8) is 0 Å². The summed E-state index contributed by atoms with van der Waals surface area (Å²) in [6, 6.07) is 2.10. The number of hydrogen-bond donors (Lipinski definition) is 1. The van der Waals surface area contributed by atoms with Gasteiger partial charge in [0.15, 0.2) is 0 Å². The van der Waals surface area contributed by atoms with E-state index in [-0.39, 0.29) is 6.61 Å². The maximum absolute atomic E-state index is 8.81. The zero-order valence-electron chi connectivity index (χ0n) is 5.20. The monoisotopic (exact) mass is 218 g/mol. The molecular formula is C7H6OSSe. The van der Waals surface area contributed by atoms with E-state index in [1.807, 2.05) is 0 Å². The first-order chi connectivity index (χ1) is 4.90. The molecule has 2 heterocycles. The van der Waals surface area contributed by atoms with Crippen molar-refractivity contribution in [2.45, 2.75) is 6.61 Å². The molecule has 0 amide bonds. The van der Waals surface area contributed by atoms with Crippen molar-refractivity contribution in [2.75, 3.05) is 0 Å². The number of fused-ring (bicyclic) bond motifs is 1. The van der Waals surface area contributed by atoms with Gasteiger partial charge in [0.2, 0.25) is 0 Å². The number of thiophene rings is 1. The van der Waals surface area contributed by atoms with Crippen LogP contribution in [-0.2, 0) is 6.61 Å². The predicted octanol–water partition coefficient (Wildman–Crippen LogP) is 1.45. The minimum atomic E-state index is 0.235. The average molecular weight is 217 g/mol. The van der Waals surface area contributed by atoms with Crippen molar-refractivity contribution in [3.8, 4) is 0 Å². The minimum absolute atomic E-state index is 0.235. The zero-order valence-corrected chi connectivity index (χ0v) is 7.73. The van der Waals surface area contributed by atoms with Gasteiger partial charge in [-0.2, -0.15) is 0 Å². The molecule has 3 heteroatoms. The second-order valence-electron chi connectivity index (χ2n) is 2.06. The fourth-order valence-corrected chi connectivity index (χ4v) is 4.06. The molecule has 0 bridgehead atoms. The Morgan fingerprint density at radius 3 is 3.10 bits per heavy atom. The van der Waals surface area contributed by atoms with E-state index in [1.165, 1.54) is 14.1 Å². The Morgan fingerprint density at radius 1 is 1.50 bits per heavy atom. The molecule has 2 aromatic heterocycles. The quantitative estimate of drug-likeness (QED) is 0.717. The van der Waals surface area contributed by atoms with E-state index in [2.05, 4.69) is 16.8 Å². The van der Waals surface area contributed by atoms with Gasteiger partial charge < -0.3 is 0 Å². The third-order valence-corrected chi connectivity index (χ3v) is 4.74. The van der Waals surface area contributed by atoms with Gasteiger partial charge in [0.1, 0.15) is 0 Å².